The third-order valence-corrected chi connectivity index (χ3v) is 1.00. The topological polar surface area (TPSA) is 75.1 Å². The van der Waals surface area contributed by atoms with E-state index in [-0.39, 0.29) is 6.54 Å². The molecule has 0 spiro atoms. The van der Waals surface area contributed by atoms with Crippen LogP contribution in [0.1, 0.15) is 0 Å². The van der Waals surface area contributed by atoms with Gasteiger partial charge in [-0.25, -0.2) is 9.97 Å². The van der Waals surface area contributed by atoms with Crippen molar-refractivity contribution in [1.29, 1.82) is 0 Å². The molecule has 1 rings (SSSR count). The second-order valence-corrected chi connectivity index (χ2v) is 1.87. The summed E-state index contributed by atoms with van der Waals surface area (Å²) >= 11 is 0. The molecule has 0 aliphatic heterocycles. The standard InChI is InChI=1S/C6H7N3O2/c10-6(11)3-9-5-1-7-4-8-2-5/h1-2,4,9H,3H2,(H,10,11). The lowest BCUT2D eigenvalue weighted by Gasteiger charge is -1.99. The van der Waals surface area contributed by atoms with Gasteiger partial charge in [0.25, 0.3) is 0 Å². The number of rotatable bonds is 3. The van der Waals surface area contributed by atoms with Crippen molar-refractivity contribution in [2.24, 2.45) is 0 Å². The third kappa shape index (κ3) is 2.61. The van der Waals surface area contributed by atoms with Crippen molar-refractivity contribution < 1.29 is 9.90 Å². The molecular formula is C6H7N3O2. The molecule has 0 saturated heterocycles. The molecule has 0 amide bonds. The van der Waals surface area contributed by atoms with Crippen LogP contribution in [0.3, 0.4) is 0 Å². The fourth-order valence-electron chi connectivity index (χ4n) is 0.568. The van der Waals surface area contributed by atoms with Gasteiger partial charge in [-0.15, -0.1) is 0 Å². The van der Waals surface area contributed by atoms with Crippen LogP contribution in [0.5, 0.6) is 0 Å². The number of nitrogens with zero attached hydrogens (tertiary/aromatic N) is 2. The minimum Gasteiger partial charge on any atom is -0.480 e. The molecule has 1 heterocycles. The SMILES string of the molecule is O=C(O)CNc1cncnc1. The molecule has 58 valence electrons. The average Bonchev–Trinajstić information content (AvgIpc) is 2.03. The second kappa shape index (κ2) is 3.50. The van der Waals surface area contributed by atoms with E-state index in [1.807, 2.05) is 0 Å². The Kier molecular flexibility index (Phi) is 2.37. The summed E-state index contributed by atoms with van der Waals surface area (Å²) in [7, 11) is 0. The van der Waals surface area contributed by atoms with Gasteiger partial charge in [-0.2, -0.15) is 0 Å². The summed E-state index contributed by atoms with van der Waals surface area (Å²) in [6.45, 7) is -0.118. The summed E-state index contributed by atoms with van der Waals surface area (Å²) in [5.74, 6) is -0.908. The number of aliphatic carboxylic acids is 1. The van der Waals surface area contributed by atoms with E-state index in [0.717, 1.165) is 0 Å². The van der Waals surface area contributed by atoms with Gasteiger partial charge in [0.1, 0.15) is 12.9 Å². The predicted octanol–water partition coefficient (Wildman–Crippen LogP) is -0.0269. The number of hydrogen-bond acceptors (Lipinski definition) is 4. The van der Waals surface area contributed by atoms with Crippen LogP contribution in [0.25, 0.3) is 0 Å². The molecule has 11 heavy (non-hydrogen) atoms. The molecule has 0 aromatic carbocycles. The molecule has 0 aliphatic carbocycles. The Morgan fingerprint density at radius 1 is 1.55 bits per heavy atom. The smallest absolute Gasteiger partial charge is 0.322 e. The Bertz CT molecular complexity index is 237. The van der Waals surface area contributed by atoms with Crippen LogP contribution in [-0.4, -0.2) is 27.6 Å². The molecule has 0 fully saturated rings. The van der Waals surface area contributed by atoms with Crippen LogP contribution in [-0.2, 0) is 4.79 Å². The van der Waals surface area contributed by atoms with E-state index in [1.165, 1.54) is 18.7 Å². The normalized spacial score (nSPS) is 9.09. The first-order valence-corrected chi connectivity index (χ1v) is 2.99. The Hall–Kier alpha value is -1.65. The molecule has 0 aliphatic rings. The van der Waals surface area contributed by atoms with Crippen molar-refractivity contribution in [1.82, 2.24) is 9.97 Å². The minimum atomic E-state index is -0.908. The number of carboxylic acid groups (broad SMARTS) is 1. The lowest BCUT2D eigenvalue weighted by molar-refractivity contribution is -0.134. The van der Waals surface area contributed by atoms with Gasteiger partial charge < -0.3 is 10.4 Å². The highest BCUT2D eigenvalue weighted by atomic mass is 16.4. The molecule has 0 atom stereocenters. The predicted molar refractivity (Wildman–Crippen MR) is 38.2 cm³/mol. The van der Waals surface area contributed by atoms with E-state index in [0.29, 0.717) is 5.69 Å². The molecule has 0 bridgehead atoms. The summed E-state index contributed by atoms with van der Waals surface area (Å²) in [6, 6.07) is 0. The highest BCUT2D eigenvalue weighted by Crippen LogP contribution is 1.97. The van der Waals surface area contributed by atoms with Crippen LogP contribution >= 0.6 is 0 Å². The summed E-state index contributed by atoms with van der Waals surface area (Å²) < 4.78 is 0. The van der Waals surface area contributed by atoms with Gasteiger partial charge in [-0.3, -0.25) is 4.79 Å². The van der Waals surface area contributed by atoms with Gasteiger partial charge in [0.05, 0.1) is 18.1 Å². The quantitative estimate of drug-likeness (QED) is 0.637. The lowest BCUT2D eigenvalue weighted by Crippen LogP contribution is -2.12. The average molecular weight is 153 g/mol. The van der Waals surface area contributed by atoms with Crippen molar-refractivity contribution in [2.45, 2.75) is 0 Å². The first-order valence-electron chi connectivity index (χ1n) is 2.99. The molecule has 0 radical (unpaired) electrons. The van der Waals surface area contributed by atoms with Crippen LogP contribution in [0.15, 0.2) is 18.7 Å². The number of hydrogen-bond donors (Lipinski definition) is 2. The van der Waals surface area contributed by atoms with E-state index in [4.69, 9.17) is 5.11 Å². The van der Waals surface area contributed by atoms with Crippen LogP contribution in [0.2, 0.25) is 0 Å². The summed E-state index contributed by atoms with van der Waals surface area (Å²) in [6.07, 6.45) is 4.40. The summed E-state index contributed by atoms with van der Waals surface area (Å²) in [5, 5.41) is 10.9. The fraction of sp³-hybridized carbons (Fsp3) is 0.167. The van der Waals surface area contributed by atoms with Gasteiger partial charge in [-0.05, 0) is 0 Å². The maximum absolute atomic E-state index is 10.1. The zero-order chi connectivity index (χ0) is 8.10. The van der Waals surface area contributed by atoms with E-state index in [2.05, 4.69) is 15.3 Å². The van der Waals surface area contributed by atoms with Crippen LogP contribution in [0, 0.1) is 0 Å². The second-order valence-electron chi connectivity index (χ2n) is 1.87. The van der Waals surface area contributed by atoms with Crippen molar-refractivity contribution in [2.75, 3.05) is 11.9 Å². The van der Waals surface area contributed by atoms with E-state index >= 15 is 0 Å². The molecule has 1 aromatic heterocycles. The lowest BCUT2D eigenvalue weighted by atomic mass is 10.5. The fourth-order valence-corrected chi connectivity index (χ4v) is 0.568. The van der Waals surface area contributed by atoms with Crippen LogP contribution < -0.4 is 5.32 Å². The zero-order valence-electron chi connectivity index (χ0n) is 5.69. The third-order valence-electron chi connectivity index (χ3n) is 1.00. The number of carbonyl (C=O) groups is 1. The molecule has 1 aromatic rings. The van der Waals surface area contributed by atoms with Crippen molar-refractivity contribution in [3.05, 3.63) is 18.7 Å². The largest absolute Gasteiger partial charge is 0.480 e. The van der Waals surface area contributed by atoms with E-state index in [9.17, 15) is 4.79 Å². The molecule has 5 nitrogen and oxygen atoms in total. The first-order chi connectivity index (χ1) is 5.29. The number of carboxylic acids is 1. The Balaban J connectivity index is 2.45. The van der Waals surface area contributed by atoms with E-state index in [1.54, 1.807) is 0 Å². The van der Waals surface area contributed by atoms with Gasteiger partial charge in [0.2, 0.25) is 0 Å². The van der Waals surface area contributed by atoms with Gasteiger partial charge >= 0.3 is 5.97 Å². The van der Waals surface area contributed by atoms with Crippen molar-refractivity contribution in [3.63, 3.8) is 0 Å². The van der Waals surface area contributed by atoms with Gasteiger partial charge in [-0.1, -0.05) is 0 Å². The van der Waals surface area contributed by atoms with Crippen molar-refractivity contribution >= 4 is 11.7 Å². The Morgan fingerprint density at radius 2 is 2.18 bits per heavy atom. The maximum Gasteiger partial charge on any atom is 0.322 e. The highest BCUT2D eigenvalue weighted by molar-refractivity contribution is 5.72. The van der Waals surface area contributed by atoms with Gasteiger partial charge in [0, 0.05) is 0 Å². The molecule has 2 N–H and O–H groups in total. The maximum atomic E-state index is 10.1. The summed E-state index contributed by atoms with van der Waals surface area (Å²) in [5.41, 5.74) is 0.606. The number of nitrogens with one attached hydrogen (secondary N) is 1. The Labute approximate surface area is 63.1 Å². The number of aromatic nitrogens is 2. The minimum absolute atomic E-state index is 0.118. The molecule has 0 unspecified atom stereocenters. The number of anilines is 1. The first kappa shape index (κ1) is 7.46. The van der Waals surface area contributed by atoms with Crippen molar-refractivity contribution in [3.8, 4) is 0 Å². The highest BCUT2D eigenvalue weighted by Gasteiger charge is 1.95. The monoisotopic (exact) mass is 153 g/mol. The molecular weight excluding hydrogens is 146 g/mol. The van der Waals surface area contributed by atoms with Crippen LogP contribution in [0.4, 0.5) is 5.69 Å². The summed E-state index contributed by atoms with van der Waals surface area (Å²) in [4.78, 5) is 17.5. The van der Waals surface area contributed by atoms with Gasteiger partial charge in [0.15, 0.2) is 0 Å². The molecule has 0 saturated carbocycles. The molecule has 5 heteroatoms. The Morgan fingerprint density at radius 3 is 2.73 bits per heavy atom. The zero-order valence-corrected chi connectivity index (χ0v) is 5.69. The van der Waals surface area contributed by atoms with E-state index < -0.39 is 5.97 Å².